The molecule has 0 bridgehead atoms. The van der Waals surface area contributed by atoms with Crippen LogP contribution in [0.5, 0.6) is 11.5 Å². The number of rotatable bonds is 7. The van der Waals surface area contributed by atoms with E-state index in [0.717, 1.165) is 10.1 Å². The maximum atomic E-state index is 13.0. The van der Waals surface area contributed by atoms with E-state index in [1.807, 2.05) is 0 Å². The molecule has 2 heterocycles. The number of pyridine rings is 1. The molecule has 0 aliphatic carbocycles. The largest absolute Gasteiger partial charge is 0.457 e. The molecule has 0 saturated heterocycles. The summed E-state index contributed by atoms with van der Waals surface area (Å²) in [5, 5.41) is 5.61. The van der Waals surface area contributed by atoms with Crippen LogP contribution < -0.4 is 32.4 Å². The molecule has 0 spiro atoms. The number of anilines is 1. The average molecular weight is 522 g/mol. The van der Waals surface area contributed by atoms with Crippen LogP contribution in [0.2, 0.25) is 5.02 Å². The lowest BCUT2D eigenvalue weighted by atomic mass is 10.2. The number of ether oxygens (including phenoxy) is 1. The molecule has 0 radical (unpaired) electrons. The molecule has 37 heavy (non-hydrogen) atoms. The second-order valence-corrected chi connectivity index (χ2v) is 8.22. The van der Waals surface area contributed by atoms with Crippen molar-refractivity contribution in [2.45, 2.75) is 20.0 Å². The maximum absolute atomic E-state index is 13.0. The number of aromatic amines is 1. The molecule has 0 fully saturated rings. The van der Waals surface area contributed by atoms with E-state index in [9.17, 15) is 14.4 Å². The number of nitrogens with one attached hydrogen (secondary N) is 3. The molecule has 12 heteroatoms. The molecule has 0 saturated carbocycles. The molecular formula is C25H24ClN7O4. The van der Waals surface area contributed by atoms with Gasteiger partial charge in [-0.15, -0.1) is 0 Å². The monoisotopic (exact) mass is 521 g/mol. The Bertz CT molecular complexity index is 1590. The first-order valence-electron chi connectivity index (χ1n) is 11.3. The van der Waals surface area contributed by atoms with E-state index in [0.29, 0.717) is 28.0 Å². The zero-order chi connectivity index (χ0) is 26.4. The minimum absolute atomic E-state index is 0.113. The average Bonchev–Trinajstić information content (AvgIpc) is 2.89. The number of benzene rings is 2. The molecule has 0 unspecified atom stereocenters. The van der Waals surface area contributed by atoms with Gasteiger partial charge in [0.2, 0.25) is 5.62 Å². The Balaban J connectivity index is 1.63. The summed E-state index contributed by atoms with van der Waals surface area (Å²) in [6.07, 6.45) is 1.51. The zero-order valence-corrected chi connectivity index (χ0v) is 20.8. The van der Waals surface area contributed by atoms with Crippen molar-refractivity contribution >= 4 is 29.1 Å². The summed E-state index contributed by atoms with van der Waals surface area (Å²) < 4.78 is 8.34. The number of urea groups is 1. The molecule has 2 amide bonds. The Morgan fingerprint density at radius 3 is 2.46 bits per heavy atom. The van der Waals surface area contributed by atoms with Gasteiger partial charge in [-0.1, -0.05) is 23.7 Å². The highest BCUT2D eigenvalue weighted by molar-refractivity contribution is 6.30. The summed E-state index contributed by atoms with van der Waals surface area (Å²) >= 11 is 5.98. The van der Waals surface area contributed by atoms with Crippen molar-refractivity contribution in [2.24, 2.45) is 4.99 Å². The molecule has 11 nitrogen and oxygen atoms in total. The minimum atomic E-state index is -0.544. The van der Waals surface area contributed by atoms with E-state index >= 15 is 0 Å². The summed E-state index contributed by atoms with van der Waals surface area (Å²) in [7, 11) is 1.51. The lowest BCUT2D eigenvalue weighted by molar-refractivity contribution is 0.254. The van der Waals surface area contributed by atoms with Gasteiger partial charge >= 0.3 is 17.4 Å². The highest BCUT2D eigenvalue weighted by Gasteiger charge is 2.09. The Hall–Kier alpha value is -4.64. The summed E-state index contributed by atoms with van der Waals surface area (Å²) in [5.74, 6) is 1.32. The number of amides is 2. The highest BCUT2D eigenvalue weighted by atomic mass is 35.5. The molecule has 2 aromatic heterocycles. The molecule has 0 atom stereocenters. The molecular weight excluding hydrogens is 498 g/mol. The number of nitrogens with zero attached hydrogens (tertiary/aromatic N) is 4. The Morgan fingerprint density at radius 2 is 1.78 bits per heavy atom. The first-order chi connectivity index (χ1) is 17.9. The number of carbonyl (C=O) groups excluding carboxylic acids is 1. The molecule has 3 N–H and O–H groups in total. The quantitative estimate of drug-likeness (QED) is 0.343. The number of hydrogen-bond acceptors (Lipinski definition) is 6. The van der Waals surface area contributed by atoms with Crippen LogP contribution in [0.4, 0.5) is 16.3 Å². The van der Waals surface area contributed by atoms with Crippen molar-refractivity contribution in [2.75, 3.05) is 12.4 Å². The third kappa shape index (κ3) is 6.33. The van der Waals surface area contributed by atoms with Crippen molar-refractivity contribution in [3.63, 3.8) is 0 Å². The van der Waals surface area contributed by atoms with Crippen LogP contribution in [-0.4, -0.2) is 32.2 Å². The van der Waals surface area contributed by atoms with Crippen LogP contribution in [0.15, 0.2) is 81.4 Å². The van der Waals surface area contributed by atoms with Gasteiger partial charge in [-0.25, -0.2) is 28.9 Å². The van der Waals surface area contributed by atoms with Gasteiger partial charge < -0.3 is 10.1 Å². The minimum Gasteiger partial charge on any atom is -0.457 e. The van der Waals surface area contributed by atoms with E-state index in [1.165, 1.54) is 17.8 Å². The van der Waals surface area contributed by atoms with Crippen molar-refractivity contribution in [3.8, 4) is 11.5 Å². The summed E-state index contributed by atoms with van der Waals surface area (Å²) in [6, 6.07) is 16.7. The van der Waals surface area contributed by atoms with Crippen LogP contribution in [-0.2, 0) is 13.1 Å². The predicted octanol–water partition coefficient (Wildman–Crippen LogP) is 3.23. The van der Waals surface area contributed by atoms with Crippen molar-refractivity contribution < 1.29 is 9.53 Å². The van der Waals surface area contributed by atoms with E-state index in [-0.39, 0.29) is 18.7 Å². The highest BCUT2D eigenvalue weighted by Crippen LogP contribution is 2.25. The van der Waals surface area contributed by atoms with Gasteiger partial charge in [-0.3, -0.25) is 14.9 Å². The van der Waals surface area contributed by atoms with Gasteiger partial charge in [0.15, 0.2) is 0 Å². The number of hydrogen-bond donors (Lipinski definition) is 3. The van der Waals surface area contributed by atoms with E-state index in [4.69, 9.17) is 16.3 Å². The van der Waals surface area contributed by atoms with Crippen LogP contribution >= 0.6 is 11.6 Å². The van der Waals surface area contributed by atoms with E-state index < -0.39 is 17.4 Å². The predicted molar refractivity (Wildman–Crippen MR) is 140 cm³/mol. The molecule has 0 aliphatic rings. The SMILES string of the molecule is CCn1c(=O)[nH]/c(=N\c2ccc(Oc3ccnc(NC(=O)NC)c3)cc2)n(Cc2ccc(Cl)cc2)c1=O. The standard InChI is InChI=1S/C25H24ClN7O4/c1-3-32-24(35)31-22(33(25(32)36)15-16-4-6-17(26)7-5-16)29-18-8-10-19(11-9-18)37-20-12-13-28-21(14-20)30-23(34)27-2/h4-14H,3,15H2,1-2H3,(H,29,31,35)(H2,27,28,30,34). The third-order valence-corrected chi connectivity index (χ3v) is 5.51. The van der Waals surface area contributed by atoms with Crippen molar-refractivity contribution in [1.29, 1.82) is 0 Å². The molecule has 4 rings (SSSR count). The van der Waals surface area contributed by atoms with Crippen LogP contribution in [0.3, 0.4) is 0 Å². The number of carbonyl (C=O) groups is 1. The van der Waals surface area contributed by atoms with Crippen LogP contribution in [0.1, 0.15) is 12.5 Å². The van der Waals surface area contributed by atoms with Gasteiger partial charge in [0.1, 0.15) is 17.3 Å². The molecule has 4 aromatic rings. The Kier molecular flexibility index (Phi) is 7.84. The van der Waals surface area contributed by atoms with Gasteiger partial charge in [-0.2, -0.15) is 0 Å². The van der Waals surface area contributed by atoms with E-state index in [1.54, 1.807) is 67.6 Å². The first kappa shape index (κ1) is 25.5. The second-order valence-electron chi connectivity index (χ2n) is 7.78. The summed E-state index contributed by atoms with van der Waals surface area (Å²) in [4.78, 5) is 48.3. The number of aromatic nitrogens is 4. The summed E-state index contributed by atoms with van der Waals surface area (Å²) in [6.45, 7) is 2.14. The third-order valence-electron chi connectivity index (χ3n) is 5.26. The normalized spacial score (nSPS) is 11.3. The smallest absolute Gasteiger partial charge is 0.335 e. The fourth-order valence-corrected chi connectivity index (χ4v) is 3.53. The first-order valence-corrected chi connectivity index (χ1v) is 11.7. The molecule has 0 aliphatic heterocycles. The number of halogens is 1. The Morgan fingerprint density at radius 1 is 1.05 bits per heavy atom. The van der Waals surface area contributed by atoms with E-state index in [2.05, 4.69) is 25.6 Å². The number of H-pyrrole nitrogens is 1. The lowest BCUT2D eigenvalue weighted by Gasteiger charge is -2.10. The Labute approximate surface area is 216 Å². The fraction of sp³-hybridized carbons (Fsp3) is 0.160. The van der Waals surface area contributed by atoms with Gasteiger partial charge in [0.05, 0.1) is 12.2 Å². The fourth-order valence-electron chi connectivity index (χ4n) is 3.40. The molecule has 190 valence electrons. The van der Waals surface area contributed by atoms with Crippen LogP contribution in [0.25, 0.3) is 0 Å². The van der Waals surface area contributed by atoms with Gasteiger partial charge in [-0.05, 0) is 55.0 Å². The maximum Gasteiger partial charge on any atom is 0.335 e. The zero-order valence-electron chi connectivity index (χ0n) is 20.1. The van der Waals surface area contributed by atoms with Crippen molar-refractivity contribution in [1.82, 2.24) is 24.4 Å². The molecule has 2 aromatic carbocycles. The second kappa shape index (κ2) is 11.4. The summed E-state index contributed by atoms with van der Waals surface area (Å²) in [5.41, 5.74) is 0.417. The van der Waals surface area contributed by atoms with Gasteiger partial charge in [0.25, 0.3) is 0 Å². The van der Waals surface area contributed by atoms with Crippen molar-refractivity contribution in [3.05, 3.63) is 104 Å². The van der Waals surface area contributed by atoms with Gasteiger partial charge in [0, 0.05) is 30.9 Å². The topological polar surface area (TPSA) is 135 Å². The van der Waals surface area contributed by atoms with Crippen LogP contribution in [0, 0.1) is 0 Å². The lowest BCUT2D eigenvalue weighted by Crippen LogP contribution is -2.49.